The van der Waals surface area contributed by atoms with Crippen molar-refractivity contribution in [1.29, 1.82) is 5.26 Å². The van der Waals surface area contributed by atoms with Crippen LogP contribution in [0.3, 0.4) is 0 Å². The quantitative estimate of drug-likeness (QED) is 0.234. The van der Waals surface area contributed by atoms with E-state index in [2.05, 4.69) is 133 Å². The minimum atomic E-state index is -0.250. The molecule has 0 N–H and O–H groups in total. The molecule has 4 heterocycles. The second-order valence-corrected chi connectivity index (χ2v) is 17.5. The van der Waals surface area contributed by atoms with E-state index in [0.29, 0.717) is 16.3 Å². The number of fused-ring (bicyclic) bond motifs is 3. The zero-order chi connectivity index (χ0) is 37.5. The summed E-state index contributed by atoms with van der Waals surface area (Å²) >= 11 is 2.16. The molecular weight excluding hydrogens is 705 g/mol. The second kappa shape index (κ2) is 15.0. The molecule has 3 aromatic rings. The normalized spacial score (nSPS) is 30.2. The summed E-state index contributed by atoms with van der Waals surface area (Å²) in [5, 5.41) is 10.5. The lowest BCUT2D eigenvalue weighted by molar-refractivity contribution is 0.248. The molecule has 0 amide bonds. The number of thioether (sulfide) groups is 1. The number of nitriles is 1. The number of aliphatic imine (C=N–C) groups is 2. The van der Waals surface area contributed by atoms with Crippen LogP contribution in [0.1, 0.15) is 98.0 Å². The highest BCUT2D eigenvalue weighted by Crippen LogP contribution is 2.61. The molecular formula is C49H46N6S. The molecule has 0 bridgehead atoms. The first-order chi connectivity index (χ1) is 27.7. The number of rotatable bonds is 6. The van der Waals surface area contributed by atoms with Gasteiger partial charge < -0.3 is 0 Å². The zero-order valence-corrected chi connectivity index (χ0v) is 32.5. The number of allylic oxidation sites excluding steroid dienone is 12. The van der Waals surface area contributed by atoms with E-state index in [-0.39, 0.29) is 29.2 Å². The first-order valence-electron chi connectivity index (χ1n) is 20.6. The lowest BCUT2D eigenvalue weighted by Gasteiger charge is -2.56. The Balaban J connectivity index is 1.03. The van der Waals surface area contributed by atoms with Gasteiger partial charge in [-0.1, -0.05) is 109 Å². The van der Waals surface area contributed by atoms with Crippen LogP contribution in [-0.2, 0) is 0 Å². The van der Waals surface area contributed by atoms with Gasteiger partial charge in [0.2, 0.25) is 0 Å². The topological polar surface area (TPSA) is 87.2 Å². The Bertz CT molecular complexity index is 2370. The van der Waals surface area contributed by atoms with E-state index in [1.54, 1.807) is 0 Å². The fourth-order valence-corrected chi connectivity index (χ4v) is 12.1. The number of dihydropyridines is 1. The van der Waals surface area contributed by atoms with Crippen LogP contribution in [0, 0.1) is 22.7 Å². The third-order valence-electron chi connectivity index (χ3n) is 12.9. The van der Waals surface area contributed by atoms with Gasteiger partial charge in [0.15, 0.2) is 11.6 Å². The van der Waals surface area contributed by atoms with Gasteiger partial charge in [0.25, 0.3) is 0 Å². The first kappa shape index (κ1) is 35.2. The Morgan fingerprint density at radius 2 is 1.73 bits per heavy atom. The average Bonchev–Trinajstić information content (AvgIpc) is 3.28. The molecule has 7 heteroatoms. The summed E-state index contributed by atoms with van der Waals surface area (Å²) in [4.78, 5) is 26.3. The smallest absolute Gasteiger partial charge is 0.163 e. The summed E-state index contributed by atoms with van der Waals surface area (Å²) in [7, 11) is 0. The third kappa shape index (κ3) is 6.14. The monoisotopic (exact) mass is 750 g/mol. The van der Waals surface area contributed by atoms with Gasteiger partial charge in [-0.3, -0.25) is 9.98 Å². The maximum Gasteiger partial charge on any atom is 0.163 e. The number of nitrogens with zero attached hydrogens (tertiary/aromatic N) is 6. The third-order valence-corrected chi connectivity index (χ3v) is 14.5. The molecule has 7 aliphatic rings. The summed E-state index contributed by atoms with van der Waals surface area (Å²) in [5.74, 6) is 2.86. The van der Waals surface area contributed by atoms with Crippen molar-refractivity contribution >= 4 is 34.8 Å². The molecule has 7 atom stereocenters. The van der Waals surface area contributed by atoms with Gasteiger partial charge in [-0.05, 0) is 92.3 Å². The molecule has 1 saturated heterocycles. The van der Waals surface area contributed by atoms with Crippen LogP contribution >= 0.6 is 11.8 Å². The molecule has 7 unspecified atom stereocenters. The molecule has 56 heavy (non-hydrogen) atoms. The SMILES string of the molecule is N#CC1=CCC(c2ccc(-c3nc(C4=CCCC=C4)nc(C4C=CC5C(C4)SC4CC=CC=C4C5(C4=NCCC=C4)C4CCCC=N4)n3)cc2)c2ccccc21. The van der Waals surface area contributed by atoms with Crippen LogP contribution < -0.4 is 0 Å². The Kier molecular flexibility index (Phi) is 9.47. The van der Waals surface area contributed by atoms with Crippen molar-refractivity contribution in [1.82, 2.24) is 15.0 Å². The van der Waals surface area contributed by atoms with E-state index in [9.17, 15) is 5.26 Å². The summed E-state index contributed by atoms with van der Waals surface area (Å²) in [6.07, 6.45) is 36.7. The number of hydrogen-bond acceptors (Lipinski definition) is 7. The van der Waals surface area contributed by atoms with Crippen molar-refractivity contribution < 1.29 is 0 Å². The van der Waals surface area contributed by atoms with Crippen LogP contribution in [0.25, 0.3) is 22.5 Å². The highest BCUT2D eigenvalue weighted by molar-refractivity contribution is 8.00. The van der Waals surface area contributed by atoms with E-state index < -0.39 is 0 Å². The molecule has 1 fully saturated rings. The largest absolute Gasteiger partial charge is 0.293 e. The fourth-order valence-electron chi connectivity index (χ4n) is 10.3. The van der Waals surface area contributed by atoms with Crippen LogP contribution in [0.4, 0.5) is 0 Å². The maximum atomic E-state index is 9.76. The summed E-state index contributed by atoms with van der Waals surface area (Å²) in [6.45, 7) is 0.851. The van der Waals surface area contributed by atoms with E-state index in [1.165, 1.54) is 28.8 Å². The maximum absolute atomic E-state index is 9.76. The van der Waals surface area contributed by atoms with Crippen molar-refractivity contribution in [3.05, 3.63) is 149 Å². The molecule has 0 radical (unpaired) electrons. The van der Waals surface area contributed by atoms with Gasteiger partial charge in [0.05, 0.1) is 23.1 Å². The van der Waals surface area contributed by atoms with Gasteiger partial charge in [-0.15, -0.1) is 11.8 Å². The van der Waals surface area contributed by atoms with E-state index >= 15 is 0 Å². The van der Waals surface area contributed by atoms with Crippen LogP contribution in [0.15, 0.2) is 131 Å². The minimum absolute atomic E-state index is 0.0672. The first-order valence-corrected chi connectivity index (χ1v) is 21.5. The van der Waals surface area contributed by atoms with Crippen LogP contribution in [0.2, 0.25) is 0 Å². The molecule has 10 rings (SSSR count). The molecule has 278 valence electrons. The highest BCUT2D eigenvalue weighted by Gasteiger charge is 2.59. The summed E-state index contributed by atoms with van der Waals surface area (Å²) in [5.41, 5.74) is 8.80. The van der Waals surface area contributed by atoms with Crippen LogP contribution in [0.5, 0.6) is 0 Å². The van der Waals surface area contributed by atoms with Crippen LogP contribution in [-0.4, -0.2) is 50.0 Å². The van der Waals surface area contributed by atoms with Gasteiger partial charge in [-0.25, -0.2) is 15.0 Å². The van der Waals surface area contributed by atoms with E-state index in [1.807, 2.05) is 6.07 Å². The fraction of sp³-hybridized carbons (Fsp3) is 0.347. The molecule has 0 saturated carbocycles. The minimum Gasteiger partial charge on any atom is -0.293 e. The van der Waals surface area contributed by atoms with Crippen molar-refractivity contribution in [2.24, 2.45) is 21.3 Å². The highest BCUT2D eigenvalue weighted by atomic mass is 32.2. The number of aromatic nitrogens is 3. The molecule has 2 aromatic carbocycles. The lowest BCUT2D eigenvalue weighted by atomic mass is 9.56. The molecule has 4 aliphatic carbocycles. The summed E-state index contributed by atoms with van der Waals surface area (Å²) < 4.78 is 0. The van der Waals surface area contributed by atoms with Gasteiger partial charge in [0.1, 0.15) is 5.82 Å². The van der Waals surface area contributed by atoms with E-state index in [0.717, 1.165) is 91.8 Å². The number of benzene rings is 2. The van der Waals surface area contributed by atoms with Crippen molar-refractivity contribution in [3.63, 3.8) is 0 Å². The van der Waals surface area contributed by atoms with Crippen molar-refractivity contribution in [3.8, 4) is 17.5 Å². The predicted octanol–water partition coefficient (Wildman–Crippen LogP) is 10.8. The zero-order valence-electron chi connectivity index (χ0n) is 31.7. The lowest BCUT2D eigenvalue weighted by Crippen LogP contribution is -2.57. The van der Waals surface area contributed by atoms with Crippen molar-refractivity contribution in [2.75, 3.05) is 6.54 Å². The van der Waals surface area contributed by atoms with Crippen molar-refractivity contribution in [2.45, 2.75) is 86.2 Å². The second-order valence-electron chi connectivity index (χ2n) is 16.0. The standard InChI is InChI=1S/C49H46N6S/c50-31-36-24-26-38(39-15-5-4-14-37(36)39)32-20-22-34(23-21-32)47-53-46(33-12-2-1-3-13-33)54-48(55-47)35-25-27-41-43(30-35)56-42-17-7-6-16-40(42)49(41,44-18-8-10-28-51-44)45-19-9-11-29-52-45/h2,4-8,12-16,18,20-25,27,29,35,38,41-43,45H,1,3,9-11,17,19,26,28,30H2. The van der Waals surface area contributed by atoms with E-state index in [4.69, 9.17) is 24.9 Å². The summed E-state index contributed by atoms with van der Waals surface area (Å²) in [6, 6.07) is 19.7. The molecule has 1 aromatic heterocycles. The molecule has 0 spiro atoms. The van der Waals surface area contributed by atoms with Gasteiger partial charge in [0, 0.05) is 51.6 Å². The molecule has 6 nitrogen and oxygen atoms in total. The van der Waals surface area contributed by atoms with Gasteiger partial charge >= 0.3 is 0 Å². The average molecular weight is 751 g/mol. The Hall–Kier alpha value is -5.19. The predicted molar refractivity (Wildman–Crippen MR) is 230 cm³/mol. The Morgan fingerprint density at radius 1 is 0.839 bits per heavy atom. The van der Waals surface area contributed by atoms with Gasteiger partial charge in [-0.2, -0.15) is 5.26 Å². The number of hydrogen-bond donors (Lipinski definition) is 0. The molecule has 3 aliphatic heterocycles. The Morgan fingerprint density at radius 3 is 2.55 bits per heavy atom. The Labute approximate surface area is 334 Å².